The van der Waals surface area contributed by atoms with Gasteiger partial charge in [-0.05, 0) is 5.39 Å². The van der Waals surface area contributed by atoms with E-state index in [0.29, 0.717) is 5.39 Å². The lowest BCUT2D eigenvalue weighted by Crippen LogP contribution is -2.20. The molecule has 8 heteroatoms. The maximum atomic E-state index is 12.5. The average Bonchev–Trinajstić information content (AvgIpc) is 2.97. The Labute approximate surface area is 134 Å². The molecule has 0 aliphatic carbocycles. The number of alkyl halides is 3. The maximum Gasteiger partial charge on any atom is 0.406 e. The second-order valence-electron chi connectivity index (χ2n) is 5.07. The standard InChI is InChI=1S/C16H12F3N3O2/c17-16(18,19)10-22-6-5-21-14(22)9-24-15(23)13-8-20-7-11-3-1-2-4-12(11)13/h1-8H,9-10H2. The summed E-state index contributed by atoms with van der Waals surface area (Å²) in [5.41, 5.74) is 0.252. The molecule has 0 unspecified atom stereocenters. The predicted octanol–water partition coefficient (Wildman–Crippen LogP) is 3.35. The molecule has 0 amide bonds. The molecule has 3 rings (SSSR count). The van der Waals surface area contributed by atoms with Crippen molar-refractivity contribution in [2.45, 2.75) is 19.3 Å². The molecule has 0 fully saturated rings. The van der Waals surface area contributed by atoms with E-state index in [2.05, 4.69) is 9.97 Å². The van der Waals surface area contributed by atoms with E-state index in [9.17, 15) is 18.0 Å². The van der Waals surface area contributed by atoms with Crippen LogP contribution in [-0.4, -0.2) is 26.7 Å². The molecule has 0 spiro atoms. The first kappa shape index (κ1) is 16.0. The summed E-state index contributed by atoms with van der Waals surface area (Å²) in [6.07, 6.45) is 1.03. The first-order chi connectivity index (χ1) is 11.4. The van der Waals surface area contributed by atoms with Gasteiger partial charge in [0.25, 0.3) is 0 Å². The number of imidazole rings is 1. The number of carbonyl (C=O) groups is 1. The third-order valence-electron chi connectivity index (χ3n) is 3.37. The van der Waals surface area contributed by atoms with Gasteiger partial charge in [-0.25, -0.2) is 9.78 Å². The minimum atomic E-state index is -4.38. The number of carbonyl (C=O) groups excluding carboxylic acids is 1. The molecule has 0 bridgehead atoms. The number of esters is 1. The fraction of sp³-hybridized carbons (Fsp3) is 0.188. The van der Waals surface area contributed by atoms with Crippen molar-refractivity contribution in [1.29, 1.82) is 0 Å². The topological polar surface area (TPSA) is 57.0 Å². The number of halogens is 3. The van der Waals surface area contributed by atoms with Gasteiger partial charge in [-0.15, -0.1) is 0 Å². The van der Waals surface area contributed by atoms with Crippen LogP contribution < -0.4 is 0 Å². The van der Waals surface area contributed by atoms with Gasteiger partial charge in [0, 0.05) is 30.2 Å². The van der Waals surface area contributed by atoms with E-state index in [-0.39, 0.29) is 18.0 Å². The molecular weight excluding hydrogens is 323 g/mol. The Morgan fingerprint density at radius 1 is 1.21 bits per heavy atom. The quantitative estimate of drug-likeness (QED) is 0.686. The van der Waals surface area contributed by atoms with Crippen LogP contribution in [0.25, 0.3) is 10.8 Å². The van der Waals surface area contributed by atoms with Gasteiger partial charge in [0.2, 0.25) is 0 Å². The third kappa shape index (κ3) is 3.53. The highest BCUT2D eigenvalue weighted by molar-refractivity contribution is 6.03. The number of fused-ring (bicyclic) bond motifs is 1. The summed E-state index contributed by atoms with van der Waals surface area (Å²) in [5.74, 6) is -0.644. The summed E-state index contributed by atoms with van der Waals surface area (Å²) >= 11 is 0. The lowest BCUT2D eigenvalue weighted by molar-refractivity contribution is -0.141. The van der Waals surface area contributed by atoms with Crippen molar-refractivity contribution in [2.24, 2.45) is 0 Å². The van der Waals surface area contributed by atoms with Gasteiger partial charge in [-0.1, -0.05) is 24.3 Å². The summed E-state index contributed by atoms with van der Waals surface area (Å²) in [4.78, 5) is 20.0. The highest BCUT2D eigenvalue weighted by Crippen LogP contribution is 2.20. The molecule has 0 N–H and O–H groups in total. The Balaban J connectivity index is 1.75. The molecule has 0 radical (unpaired) electrons. The normalized spacial score (nSPS) is 11.6. The number of pyridine rings is 1. The summed E-state index contributed by atoms with van der Waals surface area (Å²) in [6.45, 7) is -1.54. The molecule has 0 aliphatic heterocycles. The summed E-state index contributed by atoms with van der Waals surface area (Å²) in [5, 5.41) is 1.43. The number of hydrogen-bond donors (Lipinski definition) is 0. The van der Waals surface area contributed by atoms with Crippen LogP contribution >= 0.6 is 0 Å². The Kier molecular flexibility index (Phi) is 4.20. The molecule has 0 aliphatic rings. The SMILES string of the molecule is O=C(OCc1nccn1CC(F)(F)F)c1cncc2ccccc12. The zero-order chi connectivity index (χ0) is 17.2. The van der Waals surface area contributed by atoms with Crippen molar-refractivity contribution in [3.05, 3.63) is 60.4 Å². The van der Waals surface area contributed by atoms with Crippen LogP contribution in [-0.2, 0) is 17.9 Å². The molecule has 3 aromatic rings. The van der Waals surface area contributed by atoms with Crippen LogP contribution in [0, 0.1) is 0 Å². The lowest BCUT2D eigenvalue weighted by Gasteiger charge is -2.11. The van der Waals surface area contributed by atoms with Crippen LogP contribution in [0.5, 0.6) is 0 Å². The van der Waals surface area contributed by atoms with Crippen LogP contribution in [0.4, 0.5) is 13.2 Å². The number of benzene rings is 1. The minimum absolute atomic E-state index is 0.0221. The molecule has 124 valence electrons. The molecule has 2 heterocycles. The third-order valence-corrected chi connectivity index (χ3v) is 3.37. The van der Waals surface area contributed by atoms with E-state index in [1.807, 2.05) is 6.07 Å². The molecule has 0 saturated carbocycles. The van der Waals surface area contributed by atoms with Crippen LogP contribution in [0.3, 0.4) is 0 Å². The molecular formula is C16H12F3N3O2. The van der Waals surface area contributed by atoms with E-state index >= 15 is 0 Å². The van der Waals surface area contributed by atoms with E-state index in [1.165, 1.54) is 18.6 Å². The Morgan fingerprint density at radius 2 is 2.00 bits per heavy atom. The molecule has 0 saturated heterocycles. The van der Waals surface area contributed by atoms with Crippen molar-refractivity contribution < 1.29 is 22.7 Å². The largest absolute Gasteiger partial charge is 0.454 e. The van der Waals surface area contributed by atoms with Crippen LogP contribution in [0.2, 0.25) is 0 Å². The number of hydrogen-bond acceptors (Lipinski definition) is 4. The first-order valence-electron chi connectivity index (χ1n) is 7.01. The first-order valence-corrected chi connectivity index (χ1v) is 7.01. The average molecular weight is 335 g/mol. The molecule has 0 atom stereocenters. The highest BCUT2D eigenvalue weighted by atomic mass is 19.4. The molecule has 1 aromatic carbocycles. The number of nitrogens with zero attached hydrogens (tertiary/aromatic N) is 3. The summed E-state index contributed by atoms with van der Waals surface area (Å²) in [7, 11) is 0. The molecule has 24 heavy (non-hydrogen) atoms. The zero-order valence-electron chi connectivity index (χ0n) is 12.3. The van der Waals surface area contributed by atoms with Gasteiger partial charge in [0.05, 0.1) is 5.56 Å². The van der Waals surface area contributed by atoms with Gasteiger partial charge in [-0.3, -0.25) is 4.98 Å². The van der Waals surface area contributed by atoms with Crippen LogP contribution in [0.1, 0.15) is 16.2 Å². The van der Waals surface area contributed by atoms with E-state index in [1.54, 1.807) is 24.4 Å². The monoisotopic (exact) mass is 335 g/mol. The summed E-state index contributed by atoms with van der Waals surface area (Å²) < 4.78 is 43.4. The van der Waals surface area contributed by atoms with Crippen molar-refractivity contribution in [3.63, 3.8) is 0 Å². The number of rotatable bonds is 4. The van der Waals surface area contributed by atoms with Gasteiger partial charge in [-0.2, -0.15) is 13.2 Å². The van der Waals surface area contributed by atoms with Gasteiger partial charge in [0.15, 0.2) is 0 Å². The fourth-order valence-electron chi connectivity index (χ4n) is 2.30. The van der Waals surface area contributed by atoms with E-state index in [0.717, 1.165) is 9.95 Å². The van der Waals surface area contributed by atoms with Crippen molar-refractivity contribution in [2.75, 3.05) is 0 Å². The van der Waals surface area contributed by atoms with E-state index < -0.39 is 18.7 Å². The molecule has 5 nitrogen and oxygen atoms in total. The molecule has 2 aromatic heterocycles. The Morgan fingerprint density at radius 3 is 2.79 bits per heavy atom. The lowest BCUT2D eigenvalue weighted by atomic mass is 10.1. The van der Waals surface area contributed by atoms with E-state index in [4.69, 9.17) is 4.74 Å². The minimum Gasteiger partial charge on any atom is -0.454 e. The van der Waals surface area contributed by atoms with Crippen LogP contribution in [0.15, 0.2) is 49.1 Å². The van der Waals surface area contributed by atoms with Crippen molar-refractivity contribution in [3.8, 4) is 0 Å². The van der Waals surface area contributed by atoms with Gasteiger partial charge < -0.3 is 9.30 Å². The highest BCUT2D eigenvalue weighted by Gasteiger charge is 2.29. The Hall–Kier alpha value is -2.90. The van der Waals surface area contributed by atoms with Crippen molar-refractivity contribution >= 4 is 16.7 Å². The number of ether oxygens (including phenoxy) is 1. The van der Waals surface area contributed by atoms with Gasteiger partial charge >= 0.3 is 12.1 Å². The summed E-state index contributed by atoms with van der Waals surface area (Å²) in [6, 6.07) is 7.13. The fourth-order valence-corrected chi connectivity index (χ4v) is 2.30. The smallest absolute Gasteiger partial charge is 0.406 e. The number of aromatic nitrogens is 3. The second-order valence-corrected chi connectivity index (χ2v) is 5.07. The Bertz CT molecular complexity index is 869. The zero-order valence-corrected chi connectivity index (χ0v) is 12.3. The second kappa shape index (κ2) is 6.31. The predicted molar refractivity (Wildman–Crippen MR) is 79.1 cm³/mol. The van der Waals surface area contributed by atoms with Gasteiger partial charge in [0.1, 0.15) is 19.0 Å². The van der Waals surface area contributed by atoms with Crippen molar-refractivity contribution in [1.82, 2.24) is 14.5 Å². The maximum absolute atomic E-state index is 12.5.